The topological polar surface area (TPSA) is 75.6 Å². The molecule has 5 nitrogen and oxygen atoms in total. The van der Waals surface area contributed by atoms with Crippen molar-refractivity contribution in [3.8, 4) is 0 Å². The van der Waals surface area contributed by atoms with Gasteiger partial charge in [0.2, 0.25) is 0 Å². The Morgan fingerprint density at radius 1 is 1.15 bits per heavy atom. The number of methoxy groups -OCH3 is 1. The molecule has 1 aliphatic carbocycles. The first-order chi connectivity index (χ1) is 13.0. The van der Waals surface area contributed by atoms with Gasteiger partial charge < -0.3 is 15.2 Å². The van der Waals surface area contributed by atoms with E-state index in [1.165, 1.54) is 7.11 Å². The highest BCUT2D eigenvalue weighted by molar-refractivity contribution is 5.94. The minimum atomic E-state index is -0.928. The van der Waals surface area contributed by atoms with Gasteiger partial charge in [0, 0.05) is 11.6 Å². The van der Waals surface area contributed by atoms with Gasteiger partial charge in [-0.15, -0.1) is 0 Å². The lowest BCUT2D eigenvalue weighted by molar-refractivity contribution is 0.0597. The Labute approximate surface area is 157 Å². The van der Waals surface area contributed by atoms with Crippen molar-refractivity contribution in [2.24, 2.45) is 5.92 Å². The highest BCUT2D eigenvalue weighted by Gasteiger charge is 2.40. The molecule has 4 rings (SSSR count). The number of aryl methyl sites for hydroxylation is 1. The minimum Gasteiger partial charge on any atom is -0.478 e. The zero-order valence-electron chi connectivity index (χ0n) is 15.2. The highest BCUT2D eigenvalue weighted by atomic mass is 16.5. The molecule has 1 heterocycles. The Morgan fingerprint density at radius 3 is 2.56 bits per heavy atom. The van der Waals surface area contributed by atoms with Crippen LogP contribution in [0.15, 0.2) is 48.6 Å². The van der Waals surface area contributed by atoms with Crippen LogP contribution >= 0.6 is 0 Å². The van der Waals surface area contributed by atoms with Crippen molar-refractivity contribution in [2.45, 2.75) is 25.3 Å². The second kappa shape index (κ2) is 6.58. The third kappa shape index (κ3) is 2.79. The number of fused-ring (bicyclic) bond motifs is 3. The van der Waals surface area contributed by atoms with Crippen LogP contribution in [0.2, 0.25) is 0 Å². The van der Waals surface area contributed by atoms with E-state index in [1.807, 2.05) is 31.2 Å². The third-order valence-electron chi connectivity index (χ3n) is 5.65. The summed E-state index contributed by atoms with van der Waals surface area (Å²) in [5.74, 6) is -0.864. The number of allylic oxidation sites excluding steroid dienone is 2. The van der Waals surface area contributed by atoms with Crippen molar-refractivity contribution in [3.63, 3.8) is 0 Å². The molecule has 3 atom stereocenters. The summed E-state index contributed by atoms with van der Waals surface area (Å²) in [4.78, 5) is 23.4. The van der Waals surface area contributed by atoms with Crippen LogP contribution in [0, 0.1) is 12.8 Å². The van der Waals surface area contributed by atoms with Gasteiger partial charge in [-0.1, -0.05) is 30.4 Å². The number of hydrogen-bond donors (Lipinski definition) is 2. The first-order valence-corrected chi connectivity index (χ1v) is 8.99. The lowest BCUT2D eigenvalue weighted by Crippen LogP contribution is -2.31. The molecule has 5 heteroatoms. The lowest BCUT2D eigenvalue weighted by atomic mass is 9.74. The van der Waals surface area contributed by atoms with Crippen molar-refractivity contribution in [1.82, 2.24) is 0 Å². The number of rotatable bonds is 3. The largest absolute Gasteiger partial charge is 0.478 e. The molecule has 0 saturated carbocycles. The second-order valence-corrected chi connectivity index (χ2v) is 7.11. The number of benzene rings is 2. The molecule has 2 N–H and O–H groups in total. The molecule has 0 unspecified atom stereocenters. The van der Waals surface area contributed by atoms with E-state index in [0.717, 1.165) is 28.8 Å². The van der Waals surface area contributed by atoms with E-state index in [0.29, 0.717) is 5.56 Å². The van der Waals surface area contributed by atoms with Crippen molar-refractivity contribution in [3.05, 3.63) is 76.4 Å². The summed E-state index contributed by atoms with van der Waals surface area (Å²) < 4.78 is 4.99. The molecule has 2 aromatic rings. The Balaban J connectivity index is 1.80. The van der Waals surface area contributed by atoms with Crippen molar-refractivity contribution < 1.29 is 19.4 Å². The van der Waals surface area contributed by atoms with Gasteiger partial charge in [0.15, 0.2) is 0 Å². The van der Waals surface area contributed by atoms with E-state index in [-0.39, 0.29) is 29.4 Å². The SMILES string of the molecule is COC(=O)c1ccc(C)c2c1[C@H]1C=CC[C@@H]1[C@H](c1ccc(C(=O)O)cc1)N2. The average Bonchev–Trinajstić information content (AvgIpc) is 3.17. The van der Waals surface area contributed by atoms with Gasteiger partial charge in [0.1, 0.15) is 0 Å². The number of carbonyl (C=O) groups is 2. The maximum Gasteiger partial charge on any atom is 0.338 e. The first kappa shape index (κ1) is 17.3. The van der Waals surface area contributed by atoms with Crippen LogP contribution in [0.1, 0.15) is 55.8 Å². The van der Waals surface area contributed by atoms with Crippen LogP contribution in [0.4, 0.5) is 5.69 Å². The zero-order valence-corrected chi connectivity index (χ0v) is 15.2. The standard InChI is InChI=1S/C22H21NO4/c1-12-6-11-17(22(26)27-2)18-15-4-3-5-16(15)20(23-19(12)18)13-7-9-14(10-8-13)21(24)25/h3-4,6-11,15-16,20,23H,5H2,1-2H3,(H,24,25)/t15-,16-,20-/m0/s1. The number of carboxylic acids is 1. The number of anilines is 1. The summed E-state index contributed by atoms with van der Waals surface area (Å²) >= 11 is 0. The first-order valence-electron chi connectivity index (χ1n) is 8.99. The summed E-state index contributed by atoms with van der Waals surface area (Å²) in [5.41, 5.74) is 4.97. The summed E-state index contributed by atoms with van der Waals surface area (Å²) in [6, 6.07) is 10.9. The van der Waals surface area contributed by atoms with E-state index in [2.05, 4.69) is 17.5 Å². The van der Waals surface area contributed by atoms with Crippen LogP contribution in [0.25, 0.3) is 0 Å². The molecule has 0 aromatic heterocycles. The normalized spacial score (nSPS) is 22.5. The van der Waals surface area contributed by atoms with Gasteiger partial charge in [-0.3, -0.25) is 0 Å². The number of esters is 1. The summed E-state index contributed by atoms with van der Waals surface area (Å²) in [7, 11) is 1.40. The fraction of sp³-hybridized carbons (Fsp3) is 0.273. The molecular weight excluding hydrogens is 342 g/mol. The molecule has 138 valence electrons. The Morgan fingerprint density at radius 2 is 1.89 bits per heavy atom. The number of carbonyl (C=O) groups excluding carboxylic acids is 1. The van der Waals surface area contributed by atoms with Crippen LogP contribution in [0.5, 0.6) is 0 Å². The average molecular weight is 363 g/mol. The van der Waals surface area contributed by atoms with Gasteiger partial charge in [-0.25, -0.2) is 9.59 Å². The van der Waals surface area contributed by atoms with E-state index in [9.17, 15) is 9.59 Å². The van der Waals surface area contributed by atoms with Crippen LogP contribution in [-0.4, -0.2) is 24.2 Å². The van der Waals surface area contributed by atoms with Crippen LogP contribution in [-0.2, 0) is 4.74 Å². The molecule has 0 amide bonds. The molecular formula is C22H21NO4. The van der Waals surface area contributed by atoms with Gasteiger partial charge in [-0.2, -0.15) is 0 Å². The summed E-state index contributed by atoms with van der Waals surface area (Å²) in [5, 5.41) is 12.8. The van der Waals surface area contributed by atoms with E-state index >= 15 is 0 Å². The number of aromatic carboxylic acids is 1. The zero-order chi connectivity index (χ0) is 19.1. The van der Waals surface area contributed by atoms with E-state index in [1.54, 1.807) is 12.1 Å². The fourth-order valence-electron chi connectivity index (χ4n) is 4.31. The minimum absolute atomic E-state index is 0.0481. The Bertz CT molecular complexity index is 946. The maximum atomic E-state index is 12.3. The van der Waals surface area contributed by atoms with Gasteiger partial charge in [0.25, 0.3) is 0 Å². The Hall–Kier alpha value is -3.08. The highest BCUT2D eigenvalue weighted by Crippen LogP contribution is 2.51. The van der Waals surface area contributed by atoms with Crippen LogP contribution in [0.3, 0.4) is 0 Å². The van der Waals surface area contributed by atoms with Crippen LogP contribution < -0.4 is 5.32 Å². The fourth-order valence-corrected chi connectivity index (χ4v) is 4.31. The number of carboxylic acid groups (broad SMARTS) is 1. The maximum absolute atomic E-state index is 12.3. The number of nitrogens with one attached hydrogen (secondary N) is 1. The Kier molecular flexibility index (Phi) is 4.22. The van der Waals surface area contributed by atoms with Crippen molar-refractivity contribution in [1.29, 1.82) is 0 Å². The molecule has 0 bridgehead atoms. The quantitative estimate of drug-likeness (QED) is 0.628. The molecule has 0 spiro atoms. The van der Waals surface area contributed by atoms with Gasteiger partial charge in [0.05, 0.1) is 24.3 Å². The smallest absolute Gasteiger partial charge is 0.338 e. The molecule has 2 aliphatic rings. The number of ether oxygens (including phenoxy) is 1. The molecule has 0 fully saturated rings. The lowest BCUT2D eigenvalue weighted by Gasteiger charge is -2.39. The van der Waals surface area contributed by atoms with E-state index in [4.69, 9.17) is 9.84 Å². The van der Waals surface area contributed by atoms with Gasteiger partial charge in [-0.05, 0) is 54.2 Å². The second-order valence-electron chi connectivity index (χ2n) is 7.11. The number of hydrogen-bond acceptors (Lipinski definition) is 4. The molecule has 2 aromatic carbocycles. The predicted molar refractivity (Wildman–Crippen MR) is 102 cm³/mol. The molecule has 1 aliphatic heterocycles. The summed E-state index contributed by atoms with van der Waals surface area (Å²) in [6.07, 6.45) is 5.24. The van der Waals surface area contributed by atoms with Gasteiger partial charge >= 0.3 is 11.9 Å². The van der Waals surface area contributed by atoms with E-state index < -0.39 is 5.97 Å². The monoisotopic (exact) mass is 363 g/mol. The predicted octanol–water partition coefficient (Wildman–Crippen LogP) is 4.31. The van der Waals surface area contributed by atoms with Crippen molar-refractivity contribution >= 4 is 17.6 Å². The molecule has 0 saturated heterocycles. The van der Waals surface area contributed by atoms with Crippen molar-refractivity contribution in [2.75, 3.05) is 12.4 Å². The molecule has 27 heavy (non-hydrogen) atoms. The summed E-state index contributed by atoms with van der Waals surface area (Å²) in [6.45, 7) is 2.02. The third-order valence-corrected chi connectivity index (χ3v) is 5.65. The molecule has 0 radical (unpaired) electrons.